The van der Waals surface area contributed by atoms with Crippen LogP contribution in [0.5, 0.6) is 0 Å². The van der Waals surface area contributed by atoms with Crippen LogP contribution in [-0.4, -0.2) is 24.8 Å². The molecule has 0 spiro atoms. The van der Waals surface area contributed by atoms with E-state index in [-0.39, 0.29) is 0 Å². The van der Waals surface area contributed by atoms with Gasteiger partial charge < -0.3 is 4.52 Å². The van der Waals surface area contributed by atoms with E-state index in [1.165, 1.54) is 0 Å². The number of aryl methyl sites for hydroxylation is 1. The molecule has 0 aliphatic carbocycles. The van der Waals surface area contributed by atoms with Crippen molar-refractivity contribution in [1.82, 2.24) is 10.1 Å². The van der Waals surface area contributed by atoms with Gasteiger partial charge >= 0.3 is 0 Å². The molecule has 1 aromatic carbocycles. The first kappa shape index (κ1) is 11.6. The van der Waals surface area contributed by atoms with Gasteiger partial charge in [-0.2, -0.15) is 4.98 Å². The van der Waals surface area contributed by atoms with Crippen molar-refractivity contribution in [2.75, 3.05) is 11.0 Å². The maximum absolute atomic E-state index is 11.1. The van der Waals surface area contributed by atoms with Crippen LogP contribution in [0.3, 0.4) is 0 Å². The Hall–Kier alpha value is -1.89. The Morgan fingerprint density at radius 3 is 2.71 bits per heavy atom. The Bertz CT molecular complexity index is 634. The first-order valence-corrected chi connectivity index (χ1v) is 6.72. The minimum atomic E-state index is -3.29. The third kappa shape index (κ3) is 3.04. The fraction of sp³-hybridized carbons (Fsp3) is 0.200. The van der Waals surface area contributed by atoms with Gasteiger partial charge in [-0.25, -0.2) is 8.42 Å². The molecule has 0 aliphatic rings. The molecular weight excluding hydrogens is 242 g/mol. The zero-order chi connectivity index (χ0) is 12.5. The fourth-order valence-corrected chi connectivity index (χ4v) is 1.90. The van der Waals surface area contributed by atoms with Gasteiger partial charge in [0.15, 0.2) is 5.82 Å². The molecule has 0 fully saturated rings. The van der Waals surface area contributed by atoms with E-state index >= 15 is 0 Å². The highest BCUT2D eigenvalue weighted by Crippen LogP contribution is 2.21. The molecule has 17 heavy (non-hydrogen) atoms. The van der Waals surface area contributed by atoms with Gasteiger partial charge in [-0.05, 0) is 25.1 Å². The van der Waals surface area contributed by atoms with Crippen LogP contribution in [0.15, 0.2) is 28.8 Å². The molecule has 2 rings (SSSR count). The summed E-state index contributed by atoms with van der Waals surface area (Å²) in [4.78, 5) is 4.06. The predicted molar refractivity (Wildman–Crippen MR) is 62.9 cm³/mol. The second kappa shape index (κ2) is 4.17. The molecule has 0 unspecified atom stereocenters. The van der Waals surface area contributed by atoms with Crippen LogP contribution in [-0.2, 0) is 10.0 Å². The van der Waals surface area contributed by atoms with E-state index in [1.807, 2.05) is 0 Å². The van der Waals surface area contributed by atoms with Crippen molar-refractivity contribution in [3.05, 3.63) is 30.1 Å². The number of aromatic nitrogens is 2. The van der Waals surface area contributed by atoms with Crippen molar-refractivity contribution >= 4 is 15.7 Å². The maximum atomic E-state index is 11.1. The molecule has 1 aromatic heterocycles. The highest BCUT2D eigenvalue weighted by Gasteiger charge is 2.08. The molecule has 2 aromatic rings. The number of anilines is 1. The van der Waals surface area contributed by atoms with E-state index in [1.54, 1.807) is 31.2 Å². The zero-order valence-electron chi connectivity index (χ0n) is 9.34. The molecule has 90 valence electrons. The molecule has 0 saturated heterocycles. The van der Waals surface area contributed by atoms with Gasteiger partial charge in [0.25, 0.3) is 5.89 Å². The van der Waals surface area contributed by atoms with Crippen LogP contribution in [0.4, 0.5) is 5.69 Å². The Morgan fingerprint density at radius 2 is 2.12 bits per heavy atom. The Morgan fingerprint density at radius 1 is 1.35 bits per heavy atom. The number of hydrogen-bond donors (Lipinski definition) is 1. The summed E-state index contributed by atoms with van der Waals surface area (Å²) in [5.41, 5.74) is 1.13. The molecule has 7 heteroatoms. The molecule has 0 bridgehead atoms. The molecule has 0 saturated carbocycles. The van der Waals surface area contributed by atoms with E-state index in [0.717, 1.165) is 6.26 Å². The number of nitrogens with zero attached hydrogens (tertiary/aromatic N) is 2. The lowest BCUT2D eigenvalue weighted by molar-refractivity contribution is 0.425. The molecule has 0 aliphatic heterocycles. The van der Waals surface area contributed by atoms with Crippen LogP contribution in [0.25, 0.3) is 11.5 Å². The summed E-state index contributed by atoms with van der Waals surface area (Å²) in [5, 5.41) is 3.67. The second-order valence-electron chi connectivity index (χ2n) is 3.60. The smallest absolute Gasteiger partial charge is 0.257 e. The predicted octanol–water partition coefficient (Wildman–Crippen LogP) is 1.42. The summed E-state index contributed by atoms with van der Waals surface area (Å²) < 4.78 is 29.6. The van der Waals surface area contributed by atoms with Crippen LogP contribution in [0, 0.1) is 6.92 Å². The lowest BCUT2D eigenvalue weighted by Crippen LogP contribution is -2.09. The van der Waals surface area contributed by atoms with Gasteiger partial charge in [0.2, 0.25) is 10.0 Å². The number of benzene rings is 1. The number of nitrogens with one attached hydrogen (secondary N) is 1. The van der Waals surface area contributed by atoms with E-state index in [9.17, 15) is 8.42 Å². The maximum Gasteiger partial charge on any atom is 0.257 e. The monoisotopic (exact) mass is 253 g/mol. The Balaban J connectivity index is 2.35. The number of hydrogen-bond acceptors (Lipinski definition) is 5. The molecule has 1 heterocycles. The number of sulfonamides is 1. The SMILES string of the molecule is Cc1noc(-c2cccc(NS(C)(=O)=O)c2)n1. The molecule has 1 N–H and O–H groups in total. The molecular formula is C10H11N3O3S. The van der Waals surface area contributed by atoms with Crippen LogP contribution < -0.4 is 4.72 Å². The first-order chi connectivity index (χ1) is 7.94. The van der Waals surface area contributed by atoms with Crippen LogP contribution >= 0.6 is 0 Å². The van der Waals surface area contributed by atoms with Gasteiger partial charge in [-0.3, -0.25) is 4.72 Å². The Kier molecular flexibility index (Phi) is 2.84. The topological polar surface area (TPSA) is 85.1 Å². The number of rotatable bonds is 3. The van der Waals surface area contributed by atoms with E-state index in [0.29, 0.717) is 23.0 Å². The van der Waals surface area contributed by atoms with Crippen molar-refractivity contribution in [1.29, 1.82) is 0 Å². The molecule has 6 nitrogen and oxygen atoms in total. The fourth-order valence-electron chi connectivity index (χ4n) is 1.34. The Labute approximate surface area is 98.7 Å². The zero-order valence-corrected chi connectivity index (χ0v) is 10.2. The minimum Gasteiger partial charge on any atom is -0.334 e. The van der Waals surface area contributed by atoms with Crippen LogP contribution in [0.1, 0.15) is 5.82 Å². The average molecular weight is 253 g/mol. The van der Waals surface area contributed by atoms with Crippen molar-refractivity contribution in [2.45, 2.75) is 6.92 Å². The normalized spacial score (nSPS) is 11.4. The highest BCUT2D eigenvalue weighted by atomic mass is 32.2. The highest BCUT2D eigenvalue weighted by molar-refractivity contribution is 7.92. The first-order valence-electron chi connectivity index (χ1n) is 4.82. The van der Waals surface area contributed by atoms with Crippen molar-refractivity contribution in [3.63, 3.8) is 0 Å². The van der Waals surface area contributed by atoms with E-state index in [2.05, 4.69) is 14.9 Å². The van der Waals surface area contributed by atoms with Gasteiger partial charge in [0.1, 0.15) is 0 Å². The van der Waals surface area contributed by atoms with Gasteiger partial charge in [0.05, 0.1) is 6.26 Å². The lowest BCUT2D eigenvalue weighted by atomic mass is 10.2. The van der Waals surface area contributed by atoms with Gasteiger partial charge in [0, 0.05) is 11.3 Å². The third-order valence-corrected chi connectivity index (χ3v) is 2.55. The summed E-state index contributed by atoms with van der Waals surface area (Å²) in [7, 11) is -3.29. The van der Waals surface area contributed by atoms with E-state index < -0.39 is 10.0 Å². The summed E-state index contributed by atoms with van der Waals surface area (Å²) >= 11 is 0. The molecule has 0 atom stereocenters. The standard InChI is InChI=1S/C10H11N3O3S/c1-7-11-10(16-12-7)8-4-3-5-9(6-8)13-17(2,14)15/h3-6,13H,1-2H3. The minimum absolute atomic E-state index is 0.361. The molecule has 0 amide bonds. The average Bonchev–Trinajstić information content (AvgIpc) is 2.63. The summed E-state index contributed by atoms with van der Waals surface area (Å²) in [6.07, 6.45) is 1.09. The van der Waals surface area contributed by atoms with E-state index in [4.69, 9.17) is 4.52 Å². The second-order valence-corrected chi connectivity index (χ2v) is 5.35. The summed E-state index contributed by atoms with van der Waals surface area (Å²) in [6.45, 7) is 1.71. The van der Waals surface area contributed by atoms with Gasteiger partial charge in [-0.15, -0.1) is 0 Å². The van der Waals surface area contributed by atoms with Crippen LogP contribution in [0.2, 0.25) is 0 Å². The summed E-state index contributed by atoms with van der Waals surface area (Å²) in [5.74, 6) is 0.890. The third-order valence-electron chi connectivity index (χ3n) is 1.94. The lowest BCUT2D eigenvalue weighted by Gasteiger charge is -2.04. The van der Waals surface area contributed by atoms with Crippen molar-refractivity contribution in [3.8, 4) is 11.5 Å². The van der Waals surface area contributed by atoms with Crippen molar-refractivity contribution in [2.24, 2.45) is 0 Å². The quantitative estimate of drug-likeness (QED) is 0.894. The molecule has 0 radical (unpaired) electrons. The summed E-state index contributed by atoms with van der Waals surface area (Å²) in [6, 6.07) is 6.75. The van der Waals surface area contributed by atoms with Crippen molar-refractivity contribution < 1.29 is 12.9 Å². The van der Waals surface area contributed by atoms with Gasteiger partial charge in [-0.1, -0.05) is 11.2 Å². The largest absolute Gasteiger partial charge is 0.334 e.